The van der Waals surface area contributed by atoms with Crippen LogP contribution in [-0.2, 0) is 0 Å². The fraction of sp³-hybridized carbons (Fsp3) is 0.200. The van der Waals surface area contributed by atoms with Crippen LogP contribution in [0.1, 0.15) is 27.7 Å². The second-order valence-corrected chi connectivity index (χ2v) is 21.9. The summed E-state index contributed by atoms with van der Waals surface area (Å²) in [7, 11) is 1.48. The fourth-order valence-electron chi connectivity index (χ4n) is 8.28. The van der Waals surface area contributed by atoms with Gasteiger partial charge in [-0.1, -0.05) is 62.4 Å². The van der Waals surface area contributed by atoms with E-state index < -0.39 is 15.2 Å². The molecule has 1 aliphatic heterocycles. The molecule has 0 fully saturated rings. The first-order valence-corrected chi connectivity index (χ1v) is 22.0. The molecule has 0 aliphatic carbocycles. The smallest absolute Gasteiger partial charge is 0.125 e. The SMILES string of the molecule is CC(C)P1c2cc3ccccc3cc2N(C)c2cc3ccccc3cc2[P+](C)(C(C)C)c2cc3ncncc3cc2N(C)c2cc3cncnc3cc21. The Morgan fingerprint density at radius 2 is 0.962 bits per heavy atom. The molecule has 1 aliphatic rings. The van der Waals surface area contributed by atoms with Gasteiger partial charge in [0.2, 0.25) is 0 Å². The summed E-state index contributed by atoms with van der Waals surface area (Å²) >= 11 is 0. The highest BCUT2D eigenvalue weighted by Gasteiger charge is 2.47. The van der Waals surface area contributed by atoms with Crippen molar-refractivity contribution < 1.29 is 0 Å². The van der Waals surface area contributed by atoms with E-state index in [1.54, 1.807) is 12.7 Å². The summed E-state index contributed by atoms with van der Waals surface area (Å²) in [5, 5.41) is 12.5. The molecule has 262 valence electrons. The van der Waals surface area contributed by atoms with Crippen molar-refractivity contribution in [1.29, 1.82) is 0 Å². The van der Waals surface area contributed by atoms with Crippen LogP contribution in [0.25, 0.3) is 43.4 Å². The first-order chi connectivity index (χ1) is 25.6. The average molecular weight is 730 g/mol. The molecule has 6 nitrogen and oxygen atoms in total. The molecule has 8 heteroatoms. The highest BCUT2D eigenvalue weighted by molar-refractivity contribution is 7.90. The Hall–Kier alpha value is -5.02. The topological polar surface area (TPSA) is 58.0 Å². The minimum absolute atomic E-state index is 0.332. The highest BCUT2D eigenvalue weighted by atomic mass is 31.2. The van der Waals surface area contributed by atoms with E-state index in [9.17, 15) is 0 Å². The van der Waals surface area contributed by atoms with Crippen molar-refractivity contribution in [2.75, 3.05) is 30.6 Å². The third-order valence-corrected chi connectivity index (χ3v) is 19.0. The minimum Gasteiger partial charge on any atom is -0.341 e. The third kappa shape index (κ3) is 5.38. The first-order valence-electron chi connectivity index (χ1n) is 18.3. The molecular weight excluding hydrogens is 686 g/mol. The van der Waals surface area contributed by atoms with Gasteiger partial charge in [-0.2, -0.15) is 0 Å². The van der Waals surface area contributed by atoms with Gasteiger partial charge in [-0.3, -0.25) is 0 Å². The molecule has 0 N–H and O–H groups in total. The Bertz CT molecular complexity index is 2550. The van der Waals surface area contributed by atoms with Crippen molar-refractivity contribution in [1.82, 2.24) is 19.9 Å². The van der Waals surface area contributed by atoms with E-state index in [0.717, 1.165) is 21.8 Å². The molecule has 2 atom stereocenters. The average Bonchev–Trinajstić information content (AvgIpc) is 3.18. The van der Waals surface area contributed by atoms with Crippen molar-refractivity contribution in [3.8, 4) is 0 Å². The lowest BCUT2D eigenvalue weighted by Crippen LogP contribution is -2.36. The standard InChI is InChI=1S/C45H43N6P2/c1-28(2)52-42-20-32-14-10-8-12-30(32)16-38(42)50(5)40-17-31-13-9-11-15-33(31)21-44(40)53(7,29(3)4)45-23-37-35(25-47-27-49-37)19-41(45)51(6)39-18-34-24-46-26-48-36(34)22-43(39)52/h8-29H,1-7H3/q+1. The largest absolute Gasteiger partial charge is 0.341 e. The zero-order chi connectivity index (χ0) is 36.6. The van der Waals surface area contributed by atoms with Crippen molar-refractivity contribution in [2.45, 2.75) is 39.0 Å². The van der Waals surface area contributed by atoms with Gasteiger partial charge in [-0.15, -0.1) is 0 Å². The number of rotatable bonds is 2. The number of benzene rings is 6. The van der Waals surface area contributed by atoms with Gasteiger partial charge >= 0.3 is 0 Å². The van der Waals surface area contributed by atoms with Crippen LogP contribution in [0.15, 0.2) is 122 Å². The predicted molar refractivity (Wildman–Crippen MR) is 232 cm³/mol. The van der Waals surface area contributed by atoms with Gasteiger partial charge in [0, 0.05) is 65.3 Å². The molecule has 0 amide bonds. The molecule has 0 bridgehead atoms. The van der Waals surface area contributed by atoms with Crippen molar-refractivity contribution in [2.24, 2.45) is 0 Å². The molecule has 0 saturated carbocycles. The van der Waals surface area contributed by atoms with Crippen LogP contribution in [0.3, 0.4) is 0 Å². The van der Waals surface area contributed by atoms with E-state index in [2.05, 4.69) is 165 Å². The van der Waals surface area contributed by atoms with Crippen LogP contribution in [0, 0.1) is 0 Å². The zero-order valence-corrected chi connectivity index (χ0v) is 33.1. The summed E-state index contributed by atoms with van der Waals surface area (Å²) in [5.74, 6) is 0. The third-order valence-electron chi connectivity index (χ3n) is 11.4. The molecule has 0 saturated heterocycles. The maximum Gasteiger partial charge on any atom is 0.125 e. The van der Waals surface area contributed by atoms with Gasteiger partial charge in [0.25, 0.3) is 0 Å². The molecule has 0 spiro atoms. The van der Waals surface area contributed by atoms with Crippen LogP contribution in [0.2, 0.25) is 0 Å². The van der Waals surface area contributed by atoms with Crippen molar-refractivity contribution in [3.05, 3.63) is 122 Å². The van der Waals surface area contributed by atoms with Gasteiger partial charge in [0.05, 0.1) is 42.0 Å². The maximum absolute atomic E-state index is 4.83. The van der Waals surface area contributed by atoms with E-state index in [1.165, 1.54) is 65.5 Å². The number of nitrogens with zero attached hydrogens (tertiary/aromatic N) is 6. The van der Waals surface area contributed by atoms with Gasteiger partial charge in [-0.25, -0.2) is 19.9 Å². The second kappa shape index (κ2) is 12.8. The van der Waals surface area contributed by atoms with Crippen LogP contribution in [-0.4, -0.2) is 52.0 Å². The van der Waals surface area contributed by atoms with Crippen LogP contribution < -0.4 is 31.0 Å². The summed E-state index contributed by atoms with van der Waals surface area (Å²) in [6, 6.07) is 36.9. The van der Waals surface area contributed by atoms with Crippen molar-refractivity contribution in [3.63, 3.8) is 0 Å². The molecule has 53 heavy (non-hydrogen) atoms. The fourth-order valence-corrected chi connectivity index (χ4v) is 14.7. The maximum atomic E-state index is 4.83. The Kier molecular flexibility index (Phi) is 8.18. The van der Waals surface area contributed by atoms with E-state index in [-0.39, 0.29) is 0 Å². The normalized spacial score (nSPS) is 17.5. The number of aromatic nitrogens is 4. The minimum atomic E-state index is -2.17. The predicted octanol–water partition coefficient (Wildman–Crippen LogP) is 9.58. The Balaban J connectivity index is 1.50. The molecule has 8 aromatic rings. The lowest BCUT2D eigenvalue weighted by Gasteiger charge is -2.38. The number of hydrogen-bond acceptors (Lipinski definition) is 6. The Morgan fingerprint density at radius 3 is 1.51 bits per heavy atom. The Morgan fingerprint density at radius 1 is 0.528 bits per heavy atom. The number of hydrogen-bond donors (Lipinski definition) is 0. The van der Waals surface area contributed by atoms with E-state index in [1.807, 2.05) is 12.4 Å². The molecule has 9 rings (SSSR count). The number of fused-ring (bicyclic) bond motifs is 8. The summed E-state index contributed by atoms with van der Waals surface area (Å²) in [6.07, 6.45) is 7.24. The number of anilines is 4. The highest BCUT2D eigenvalue weighted by Crippen LogP contribution is 2.62. The van der Waals surface area contributed by atoms with Gasteiger partial charge in [0.1, 0.15) is 23.3 Å². The summed E-state index contributed by atoms with van der Waals surface area (Å²) in [4.78, 5) is 23.5. The first kappa shape index (κ1) is 33.8. The molecule has 3 heterocycles. The molecule has 2 aromatic heterocycles. The lowest BCUT2D eigenvalue weighted by atomic mass is 10.1. The monoisotopic (exact) mass is 729 g/mol. The Labute approximate surface area is 313 Å². The quantitative estimate of drug-likeness (QED) is 0.165. The van der Waals surface area contributed by atoms with E-state index in [0.29, 0.717) is 11.3 Å². The zero-order valence-electron chi connectivity index (χ0n) is 31.3. The summed E-state index contributed by atoms with van der Waals surface area (Å²) < 4.78 is 0. The summed E-state index contributed by atoms with van der Waals surface area (Å²) in [6.45, 7) is 12.1. The van der Waals surface area contributed by atoms with E-state index in [4.69, 9.17) is 9.97 Å². The molecule has 0 radical (unpaired) electrons. The van der Waals surface area contributed by atoms with Gasteiger partial charge in [0.15, 0.2) is 0 Å². The molecule has 6 aromatic carbocycles. The van der Waals surface area contributed by atoms with E-state index >= 15 is 0 Å². The summed E-state index contributed by atoms with van der Waals surface area (Å²) in [5.41, 5.74) is 7.47. The van der Waals surface area contributed by atoms with Gasteiger partial charge < -0.3 is 9.80 Å². The van der Waals surface area contributed by atoms with Crippen LogP contribution in [0.4, 0.5) is 22.7 Å². The van der Waals surface area contributed by atoms with Gasteiger partial charge in [-0.05, 0) is 91.4 Å². The lowest BCUT2D eigenvalue weighted by molar-refractivity contribution is 1.09. The molecular formula is C45H43N6P2+. The second-order valence-electron chi connectivity index (χ2n) is 15.0. The molecule has 2 unspecified atom stereocenters. The van der Waals surface area contributed by atoms with Crippen molar-refractivity contribution >= 4 is 103 Å². The van der Waals surface area contributed by atoms with Crippen LogP contribution in [0.5, 0.6) is 0 Å². The van der Waals surface area contributed by atoms with Crippen LogP contribution >= 0.6 is 15.2 Å².